The number of nitrogens with zero attached hydrogens (tertiary/aromatic N) is 4. The molecule has 0 amide bonds. The van der Waals surface area contributed by atoms with Gasteiger partial charge < -0.3 is 17.2 Å². The lowest BCUT2D eigenvalue weighted by Gasteiger charge is -2.14. The molecule has 1 aliphatic carbocycles. The van der Waals surface area contributed by atoms with Crippen molar-refractivity contribution in [2.24, 2.45) is 0 Å². The molecule has 0 saturated heterocycles. The third-order valence-electron chi connectivity index (χ3n) is 4.75. The van der Waals surface area contributed by atoms with Crippen LogP contribution in [-0.2, 0) is 19.4 Å². The first-order valence-electron chi connectivity index (χ1n) is 8.55. The Bertz CT molecular complexity index is 957. The number of halogens is 1. The Hall–Kier alpha value is -3.16. The average Bonchev–Trinajstić information content (AvgIpc) is 3.00. The fourth-order valence-electron chi connectivity index (χ4n) is 3.38. The van der Waals surface area contributed by atoms with E-state index in [1.165, 1.54) is 6.07 Å². The highest BCUT2D eigenvalue weighted by Crippen LogP contribution is 2.32. The molecule has 3 aromatic rings. The van der Waals surface area contributed by atoms with Gasteiger partial charge in [-0.2, -0.15) is 5.10 Å². The van der Waals surface area contributed by atoms with Crippen LogP contribution in [0, 0.1) is 5.82 Å². The number of benzene rings is 1. The van der Waals surface area contributed by atoms with Crippen molar-refractivity contribution in [2.75, 3.05) is 17.2 Å². The normalized spacial score (nSPS) is 13.6. The van der Waals surface area contributed by atoms with Crippen molar-refractivity contribution in [3.8, 4) is 11.5 Å². The van der Waals surface area contributed by atoms with Crippen LogP contribution in [-0.4, -0.2) is 19.7 Å². The number of anilines is 3. The fourth-order valence-corrected chi connectivity index (χ4v) is 3.38. The van der Waals surface area contributed by atoms with Crippen LogP contribution >= 0.6 is 0 Å². The summed E-state index contributed by atoms with van der Waals surface area (Å²) in [5.41, 5.74) is 21.0. The smallest absolute Gasteiger partial charge is 0.184 e. The second-order valence-corrected chi connectivity index (χ2v) is 6.46. The van der Waals surface area contributed by atoms with Gasteiger partial charge in [0.2, 0.25) is 0 Å². The quantitative estimate of drug-likeness (QED) is 0.663. The number of aromatic nitrogens is 4. The van der Waals surface area contributed by atoms with E-state index in [0.717, 1.165) is 36.9 Å². The number of rotatable bonds is 3. The second kappa shape index (κ2) is 6.29. The Morgan fingerprint density at radius 2 is 1.69 bits per heavy atom. The zero-order valence-electron chi connectivity index (χ0n) is 14.2. The third-order valence-corrected chi connectivity index (χ3v) is 4.75. The van der Waals surface area contributed by atoms with E-state index in [2.05, 4.69) is 15.1 Å². The summed E-state index contributed by atoms with van der Waals surface area (Å²) < 4.78 is 15.9. The van der Waals surface area contributed by atoms with Gasteiger partial charge in [0.05, 0.1) is 6.54 Å². The zero-order chi connectivity index (χ0) is 18.3. The minimum atomic E-state index is -0.244. The van der Waals surface area contributed by atoms with Gasteiger partial charge in [0.15, 0.2) is 17.5 Å². The molecule has 8 heteroatoms. The van der Waals surface area contributed by atoms with E-state index in [1.54, 1.807) is 12.1 Å². The van der Waals surface area contributed by atoms with E-state index < -0.39 is 0 Å². The van der Waals surface area contributed by atoms with Gasteiger partial charge >= 0.3 is 0 Å². The van der Waals surface area contributed by atoms with Crippen molar-refractivity contribution < 1.29 is 4.39 Å². The minimum Gasteiger partial charge on any atom is -0.393 e. The van der Waals surface area contributed by atoms with Crippen molar-refractivity contribution >= 4 is 17.3 Å². The van der Waals surface area contributed by atoms with Crippen molar-refractivity contribution in [1.82, 2.24) is 19.7 Å². The maximum absolute atomic E-state index is 14.1. The Kier molecular flexibility index (Phi) is 3.95. The molecule has 0 bridgehead atoms. The molecule has 0 atom stereocenters. The monoisotopic (exact) mass is 353 g/mol. The van der Waals surface area contributed by atoms with Crippen LogP contribution in [0.25, 0.3) is 11.5 Å². The fraction of sp³-hybridized carbons (Fsp3) is 0.278. The molecule has 26 heavy (non-hydrogen) atoms. The lowest BCUT2D eigenvalue weighted by Crippen LogP contribution is -2.11. The number of hydrogen-bond acceptors (Lipinski definition) is 6. The molecule has 2 heterocycles. The summed E-state index contributed by atoms with van der Waals surface area (Å²) in [7, 11) is 0. The topological polar surface area (TPSA) is 122 Å². The molecule has 0 saturated carbocycles. The van der Waals surface area contributed by atoms with Crippen molar-refractivity contribution in [3.63, 3.8) is 0 Å². The Morgan fingerprint density at radius 3 is 2.42 bits per heavy atom. The van der Waals surface area contributed by atoms with E-state index in [9.17, 15) is 4.39 Å². The molecule has 0 aliphatic heterocycles. The van der Waals surface area contributed by atoms with Gasteiger partial charge in [0.25, 0.3) is 0 Å². The number of nitrogen functional groups attached to an aromatic ring is 3. The van der Waals surface area contributed by atoms with Gasteiger partial charge in [0, 0.05) is 16.8 Å². The van der Waals surface area contributed by atoms with Gasteiger partial charge in [-0.3, -0.25) is 4.68 Å². The molecule has 2 aromatic heterocycles. The predicted molar refractivity (Wildman–Crippen MR) is 98.6 cm³/mol. The lowest BCUT2D eigenvalue weighted by molar-refractivity contribution is 0.561. The highest BCUT2D eigenvalue weighted by molar-refractivity contribution is 5.74. The summed E-state index contributed by atoms with van der Waals surface area (Å²) in [6.07, 6.45) is 3.89. The van der Waals surface area contributed by atoms with Gasteiger partial charge in [0.1, 0.15) is 17.2 Å². The van der Waals surface area contributed by atoms with E-state index in [-0.39, 0.29) is 23.1 Å². The molecule has 7 nitrogen and oxygen atoms in total. The van der Waals surface area contributed by atoms with Gasteiger partial charge in [-0.05, 0) is 31.7 Å². The Morgan fingerprint density at radius 1 is 1.00 bits per heavy atom. The number of nitrogens with two attached hydrogens (primary N) is 3. The largest absolute Gasteiger partial charge is 0.393 e. The molecule has 0 radical (unpaired) electrons. The Balaban J connectivity index is 1.82. The lowest BCUT2D eigenvalue weighted by atomic mass is 9.95. The van der Waals surface area contributed by atoms with E-state index in [4.69, 9.17) is 17.2 Å². The van der Waals surface area contributed by atoms with Crippen molar-refractivity contribution in [2.45, 2.75) is 32.2 Å². The van der Waals surface area contributed by atoms with Crippen LogP contribution in [0.5, 0.6) is 0 Å². The molecule has 0 unspecified atom stereocenters. The summed E-state index contributed by atoms with van der Waals surface area (Å²) in [5.74, 6) is 0.396. The summed E-state index contributed by atoms with van der Waals surface area (Å²) in [5, 5.41) is 4.68. The predicted octanol–water partition coefficient (Wildman–Crippen LogP) is 2.15. The first kappa shape index (κ1) is 16.3. The molecule has 4 rings (SSSR count). The molecule has 1 aliphatic rings. The van der Waals surface area contributed by atoms with Crippen LogP contribution in [0.3, 0.4) is 0 Å². The first-order valence-corrected chi connectivity index (χ1v) is 8.55. The summed E-state index contributed by atoms with van der Waals surface area (Å²) in [4.78, 5) is 8.52. The third kappa shape index (κ3) is 2.73. The van der Waals surface area contributed by atoms with Gasteiger partial charge in [-0.15, -0.1) is 0 Å². The molecular formula is C18H20FN7. The van der Waals surface area contributed by atoms with Crippen molar-refractivity contribution in [3.05, 3.63) is 46.9 Å². The maximum Gasteiger partial charge on any atom is 0.184 e. The van der Waals surface area contributed by atoms with Crippen LogP contribution < -0.4 is 17.2 Å². The van der Waals surface area contributed by atoms with Gasteiger partial charge in [-0.1, -0.05) is 18.2 Å². The van der Waals surface area contributed by atoms with Gasteiger partial charge in [-0.25, -0.2) is 14.4 Å². The summed E-state index contributed by atoms with van der Waals surface area (Å²) in [6.45, 7) is 0.356. The van der Waals surface area contributed by atoms with E-state index >= 15 is 0 Å². The van der Waals surface area contributed by atoms with Crippen molar-refractivity contribution in [1.29, 1.82) is 0 Å². The SMILES string of the molecule is Nc1nc(-c2nn(Cc3ccccc3F)c3c2CCCC3)nc(N)c1N. The maximum atomic E-state index is 14.1. The number of fused-ring (bicyclic) bond motifs is 1. The molecular weight excluding hydrogens is 333 g/mol. The Labute approximate surface area is 150 Å². The van der Waals surface area contributed by atoms with E-state index in [0.29, 0.717) is 23.6 Å². The molecule has 0 fully saturated rings. The summed E-state index contributed by atoms with van der Waals surface area (Å²) >= 11 is 0. The highest BCUT2D eigenvalue weighted by atomic mass is 19.1. The zero-order valence-corrected chi connectivity index (χ0v) is 14.2. The molecule has 134 valence electrons. The standard InChI is InChI=1S/C18H20FN7/c19-12-7-3-1-5-10(12)9-26-13-8-4-2-6-11(13)15(25-26)18-23-16(21)14(20)17(22)24-18/h1,3,5,7H,2,4,6,8-9,20H2,(H4,21,22,23,24). The van der Waals surface area contributed by atoms with E-state index in [1.807, 2.05) is 10.7 Å². The summed E-state index contributed by atoms with van der Waals surface area (Å²) in [6, 6.07) is 6.72. The minimum absolute atomic E-state index is 0.140. The first-order chi connectivity index (χ1) is 12.5. The molecule has 0 spiro atoms. The average molecular weight is 353 g/mol. The number of hydrogen-bond donors (Lipinski definition) is 3. The van der Waals surface area contributed by atoms with Crippen LogP contribution in [0.2, 0.25) is 0 Å². The highest BCUT2D eigenvalue weighted by Gasteiger charge is 2.24. The second-order valence-electron chi connectivity index (χ2n) is 6.46. The van der Waals surface area contributed by atoms with Crippen LogP contribution in [0.1, 0.15) is 29.7 Å². The molecule has 6 N–H and O–H groups in total. The van der Waals surface area contributed by atoms with Crippen LogP contribution in [0.15, 0.2) is 24.3 Å². The van der Waals surface area contributed by atoms with Crippen LogP contribution in [0.4, 0.5) is 21.7 Å². The molecule has 1 aromatic carbocycles.